The van der Waals surface area contributed by atoms with Gasteiger partial charge in [0.05, 0.1) is 11.4 Å². The zero-order valence-corrected chi connectivity index (χ0v) is 12.5. The summed E-state index contributed by atoms with van der Waals surface area (Å²) in [6.07, 6.45) is 4.36. The van der Waals surface area contributed by atoms with Crippen LogP contribution in [0.15, 0.2) is 0 Å². The summed E-state index contributed by atoms with van der Waals surface area (Å²) in [5.41, 5.74) is 7.70. The van der Waals surface area contributed by atoms with Gasteiger partial charge in [-0.15, -0.1) is 0 Å². The van der Waals surface area contributed by atoms with Crippen LogP contribution in [0, 0.1) is 6.92 Å². The highest BCUT2D eigenvalue weighted by atomic mass is 16.5. The van der Waals surface area contributed by atoms with Gasteiger partial charge in [-0.3, -0.25) is 0 Å². The number of rotatable bonds is 10. The number of anilines is 2. The van der Waals surface area contributed by atoms with Crippen molar-refractivity contribution >= 4 is 11.5 Å². The number of nitrogens with zero attached hydrogens (tertiary/aromatic N) is 2. The fraction of sp³-hybridized carbons (Fsp3) is 0.786. The molecule has 1 aromatic heterocycles. The van der Waals surface area contributed by atoms with Gasteiger partial charge in [0, 0.05) is 26.3 Å². The van der Waals surface area contributed by atoms with Crippen LogP contribution < -0.4 is 11.1 Å². The number of nitrogens with one attached hydrogen (secondary N) is 1. The van der Waals surface area contributed by atoms with Gasteiger partial charge in [-0.25, -0.2) is 4.68 Å². The van der Waals surface area contributed by atoms with Crippen molar-refractivity contribution in [2.24, 2.45) is 0 Å². The molecular formula is C14H28N4O. The molecule has 5 nitrogen and oxygen atoms in total. The molecule has 0 saturated carbocycles. The van der Waals surface area contributed by atoms with E-state index >= 15 is 0 Å². The van der Waals surface area contributed by atoms with E-state index in [2.05, 4.69) is 24.3 Å². The molecule has 0 spiro atoms. The van der Waals surface area contributed by atoms with Crippen molar-refractivity contribution in [1.82, 2.24) is 9.78 Å². The Balaban J connectivity index is 2.32. The van der Waals surface area contributed by atoms with Crippen molar-refractivity contribution in [3.63, 3.8) is 0 Å². The first-order valence-corrected chi connectivity index (χ1v) is 7.35. The van der Waals surface area contributed by atoms with Crippen LogP contribution in [-0.2, 0) is 11.3 Å². The molecular weight excluding hydrogens is 240 g/mol. The Morgan fingerprint density at radius 3 is 2.63 bits per heavy atom. The first kappa shape index (κ1) is 15.8. The maximum Gasteiger partial charge on any atom is 0.148 e. The van der Waals surface area contributed by atoms with Crippen LogP contribution in [0.5, 0.6) is 0 Å². The van der Waals surface area contributed by atoms with Crippen LogP contribution in [0.25, 0.3) is 0 Å². The second-order valence-corrected chi connectivity index (χ2v) is 4.82. The minimum absolute atomic E-state index is 0.764. The maximum atomic E-state index is 6.04. The molecule has 1 rings (SSSR count). The molecule has 0 radical (unpaired) electrons. The minimum atomic E-state index is 0.764. The summed E-state index contributed by atoms with van der Waals surface area (Å²) in [5.74, 6) is 0.952. The lowest BCUT2D eigenvalue weighted by atomic mass is 10.3. The molecule has 0 aliphatic heterocycles. The summed E-state index contributed by atoms with van der Waals surface area (Å²) in [7, 11) is 0. The van der Waals surface area contributed by atoms with Crippen LogP contribution in [0.4, 0.5) is 11.5 Å². The van der Waals surface area contributed by atoms with E-state index in [0.717, 1.165) is 62.8 Å². The molecule has 0 unspecified atom stereocenters. The van der Waals surface area contributed by atoms with Crippen molar-refractivity contribution < 1.29 is 4.74 Å². The van der Waals surface area contributed by atoms with Crippen molar-refractivity contribution in [3.8, 4) is 0 Å². The lowest BCUT2D eigenvalue weighted by Crippen LogP contribution is -2.12. The number of nitrogens with two attached hydrogens (primary N) is 1. The predicted octanol–water partition coefficient (Wildman–Crippen LogP) is 2.80. The Bertz CT molecular complexity index is 363. The number of ether oxygens (including phenoxy) is 1. The van der Waals surface area contributed by atoms with Crippen molar-refractivity contribution in [2.45, 2.75) is 53.0 Å². The van der Waals surface area contributed by atoms with E-state index in [-0.39, 0.29) is 0 Å². The second kappa shape index (κ2) is 8.80. The van der Waals surface area contributed by atoms with E-state index in [0.29, 0.717) is 0 Å². The molecule has 0 saturated heterocycles. The molecule has 1 heterocycles. The quantitative estimate of drug-likeness (QED) is 0.640. The third-order valence-corrected chi connectivity index (χ3v) is 3.01. The number of nitrogen functional groups attached to an aromatic ring is 1. The van der Waals surface area contributed by atoms with Gasteiger partial charge in [0.25, 0.3) is 0 Å². The summed E-state index contributed by atoms with van der Waals surface area (Å²) in [6.45, 7) is 9.68. The molecule has 110 valence electrons. The first-order valence-electron chi connectivity index (χ1n) is 7.35. The Morgan fingerprint density at radius 2 is 1.95 bits per heavy atom. The zero-order valence-electron chi connectivity index (χ0n) is 12.5. The zero-order chi connectivity index (χ0) is 14.1. The van der Waals surface area contributed by atoms with Crippen LogP contribution in [0.1, 0.15) is 45.2 Å². The average molecular weight is 268 g/mol. The van der Waals surface area contributed by atoms with Gasteiger partial charge in [0.2, 0.25) is 0 Å². The molecule has 0 bridgehead atoms. The molecule has 0 amide bonds. The van der Waals surface area contributed by atoms with Gasteiger partial charge in [-0.05, 0) is 26.2 Å². The molecule has 3 N–H and O–H groups in total. The summed E-state index contributed by atoms with van der Waals surface area (Å²) in [4.78, 5) is 0. The van der Waals surface area contributed by atoms with Crippen LogP contribution in [0.3, 0.4) is 0 Å². The van der Waals surface area contributed by atoms with E-state index in [4.69, 9.17) is 10.5 Å². The topological polar surface area (TPSA) is 65.1 Å². The third-order valence-electron chi connectivity index (χ3n) is 3.01. The largest absolute Gasteiger partial charge is 0.394 e. The SMILES string of the molecule is CCCCOCCCNc1c(N)c(C)nn1CCC. The van der Waals surface area contributed by atoms with Crippen molar-refractivity contribution in [3.05, 3.63) is 5.69 Å². The molecule has 0 aliphatic carbocycles. The summed E-state index contributed by atoms with van der Waals surface area (Å²) >= 11 is 0. The number of aromatic nitrogens is 2. The Hall–Kier alpha value is -1.23. The fourth-order valence-corrected chi connectivity index (χ4v) is 1.88. The standard InChI is InChI=1S/C14H28N4O/c1-4-6-10-19-11-7-8-16-14-13(15)12(3)17-18(14)9-5-2/h16H,4-11,15H2,1-3H3. The summed E-state index contributed by atoms with van der Waals surface area (Å²) in [6, 6.07) is 0. The normalized spacial score (nSPS) is 10.9. The van der Waals surface area contributed by atoms with Crippen molar-refractivity contribution in [1.29, 1.82) is 0 Å². The molecule has 0 fully saturated rings. The van der Waals surface area contributed by atoms with E-state index in [1.807, 2.05) is 11.6 Å². The number of aryl methyl sites for hydroxylation is 2. The third kappa shape index (κ3) is 5.11. The van der Waals surface area contributed by atoms with Gasteiger partial charge in [0.15, 0.2) is 0 Å². The van der Waals surface area contributed by atoms with Gasteiger partial charge in [0.1, 0.15) is 5.82 Å². The fourth-order valence-electron chi connectivity index (χ4n) is 1.88. The average Bonchev–Trinajstić information content (AvgIpc) is 2.65. The van der Waals surface area contributed by atoms with Crippen LogP contribution in [-0.4, -0.2) is 29.5 Å². The van der Waals surface area contributed by atoms with E-state index in [1.54, 1.807) is 0 Å². The number of hydrogen-bond acceptors (Lipinski definition) is 4. The predicted molar refractivity (Wildman–Crippen MR) is 80.5 cm³/mol. The van der Waals surface area contributed by atoms with Gasteiger partial charge in [-0.1, -0.05) is 20.3 Å². The number of hydrogen-bond donors (Lipinski definition) is 2. The van der Waals surface area contributed by atoms with Crippen LogP contribution >= 0.6 is 0 Å². The highest BCUT2D eigenvalue weighted by molar-refractivity contribution is 5.64. The Labute approximate surface area is 116 Å². The lowest BCUT2D eigenvalue weighted by molar-refractivity contribution is 0.131. The van der Waals surface area contributed by atoms with Gasteiger partial charge < -0.3 is 15.8 Å². The van der Waals surface area contributed by atoms with Crippen molar-refractivity contribution in [2.75, 3.05) is 30.8 Å². The molecule has 0 aromatic carbocycles. The molecule has 19 heavy (non-hydrogen) atoms. The van der Waals surface area contributed by atoms with E-state index < -0.39 is 0 Å². The van der Waals surface area contributed by atoms with E-state index in [9.17, 15) is 0 Å². The van der Waals surface area contributed by atoms with E-state index in [1.165, 1.54) is 6.42 Å². The lowest BCUT2D eigenvalue weighted by Gasteiger charge is -2.10. The smallest absolute Gasteiger partial charge is 0.148 e. The monoisotopic (exact) mass is 268 g/mol. The second-order valence-electron chi connectivity index (χ2n) is 4.82. The highest BCUT2D eigenvalue weighted by Gasteiger charge is 2.10. The summed E-state index contributed by atoms with van der Waals surface area (Å²) < 4.78 is 7.49. The molecule has 0 aliphatic rings. The Morgan fingerprint density at radius 1 is 1.21 bits per heavy atom. The summed E-state index contributed by atoms with van der Waals surface area (Å²) in [5, 5.41) is 7.81. The molecule has 5 heteroatoms. The minimum Gasteiger partial charge on any atom is -0.394 e. The van der Waals surface area contributed by atoms with Crippen LogP contribution in [0.2, 0.25) is 0 Å². The van der Waals surface area contributed by atoms with Gasteiger partial charge >= 0.3 is 0 Å². The molecule has 0 atom stereocenters. The molecule has 1 aromatic rings. The maximum absolute atomic E-state index is 6.04. The Kier molecular flexibility index (Phi) is 7.33. The first-order chi connectivity index (χ1) is 9.20. The highest BCUT2D eigenvalue weighted by Crippen LogP contribution is 2.22. The number of unbranched alkanes of at least 4 members (excludes halogenated alkanes) is 1. The van der Waals surface area contributed by atoms with Gasteiger partial charge in [-0.2, -0.15) is 5.10 Å².